The fraction of sp³-hybridized carbons (Fsp3) is 0.385. The molecule has 2 atom stereocenters. The Morgan fingerprint density at radius 2 is 2.06 bits per heavy atom. The van der Waals surface area contributed by atoms with Gasteiger partial charge in [0.05, 0.1) is 0 Å². The zero-order valence-electron chi connectivity index (χ0n) is 9.83. The van der Waals surface area contributed by atoms with E-state index in [0.29, 0.717) is 5.56 Å². The molecular formula is C13H15NO3S. The van der Waals surface area contributed by atoms with E-state index < -0.39 is 12.0 Å². The Kier molecular flexibility index (Phi) is 4.25. The Bertz CT molecular complexity index is 429. The molecule has 2 N–H and O–H groups in total. The monoisotopic (exact) mass is 265 g/mol. The summed E-state index contributed by atoms with van der Waals surface area (Å²) in [7, 11) is 0. The van der Waals surface area contributed by atoms with Gasteiger partial charge in [-0.15, -0.1) is 0 Å². The van der Waals surface area contributed by atoms with Crippen LogP contribution in [0.15, 0.2) is 30.3 Å². The molecule has 1 heterocycles. The van der Waals surface area contributed by atoms with Crippen molar-refractivity contribution >= 4 is 23.6 Å². The van der Waals surface area contributed by atoms with E-state index >= 15 is 0 Å². The molecule has 18 heavy (non-hydrogen) atoms. The lowest BCUT2D eigenvalue weighted by atomic mass is 10.0. The van der Waals surface area contributed by atoms with Gasteiger partial charge in [-0.05, 0) is 17.7 Å². The van der Waals surface area contributed by atoms with Crippen molar-refractivity contribution in [2.24, 2.45) is 5.92 Å². The van der Waals surface area contributed by atoms with Crippen LogP contribution in [0.3, 0.4) is 0 Å². The lowest BCUT2D eigenvalue weighted by molar-refractivity contribution is -0.142. The van der Waals surface area contributed by atoms with E-state index in [2.05, 4.69) is 5.32 Å². The Morgan fingerprint density at radius 1 is 1.33 bits per heavy atom. The topological polar surface area (TPSA) is 66.4 Å². The number of thioether (sulfide) groups is 1. The van der Waals surface area contributed by atoms with Gasteiger partial charge in [-0.2, -0.15) is 11.8 Å². The second-order valence-electron chi connectivity index (χ2n) is 4.25. The van der Waals surface area contributed by atoms with Gasteiger partial charge in [0.2, 0.25) is 5.91 Å². The SMILES string of the molecule is O=C(N[C@H](C(=O)O)c1ccccc1)C1CCSC1. The van der Waals surface area contributed by atoms with Crippen molar-refractivity contribution in [2.45, 2.75) is 12.5 Å². The molecule has 0 spiro atoms. The lowest BCUT2D eigenvalue weighted by Gasteiger charge is -2.17. The fourth-order valence-electron chi connectivity index (χ4n) is 1.93. The first-order valence-corrected chi connectivity index (χ1v) is 7.00. The van der Waals surface area contributed by atoms with Crippen LogP contribution in [0.2, 0.25) is 0 Å². The molecule has 1 amide bonds. The zero-order chi connectivity index (χ0) is 13.0. The molecule has 0 bridgehead atoms. The number of amides is 1. The van der Waals surface area contributed by atoms with Crippen LogP contribution in [0.1, 0.15) is 18.0 Å². The molecule has 1 saturated heterocycles. The van der Waals surface area contributed by atoms with Gasteiger partial charge >= 0.3 is 5.97 Å². The number of nitrogens with one attached hydrogen (secondary N) is 1. The van der Waals surface area contributed by atoms with Crippen molar-refractivity contribution in [3.05, 3.63) is 35.9 Å². The number of benzene rings is 1. The van der Waals surface area contributed by atoms with E-state index in [9.17, 15) is 14.7 Å². The van der Waals surface area contributed by atoms with Crippen molar-refractivity contribution in [1.82, 2.24) is 5.32 Å². The number of hydrogen-bond acceptors (Lipinski definition) is 3. The maximum absolute atomic E-state index is 11.9. The van der Waals surface area contributed by atoms with Gasteiger partial charge in [-0.3, -0.25) is 4.79 Å². The maximum atomic E-state index is 11.9. The van der Waals surface area contributed by atoms with Crippen molar-refractivity contribution in [1.29, 1.82) is 0 Å². The van der Waals surface area contributed by atoms with Crippen molar-refractivity contribution in [2.75, 3.05) is 11.5 Å². The molecule has 1 aromatic carbocycles. The Balaban J connectivity index is 2.07. The predicted octanol–water partition coefficient (Wildman–Crippen LogP) is 1.68. The minimum atomic E-state index is -1.03. The van der Waals surface area contributed by atoms with Crippen LogP contribution in [0.25, 0.3) is 0 Å². The van der Waals surface area contributed by atoms with Gasteiger partial charge in [0.25, 0.3) is 0 Å². The highest BCUT2D eigenvalue weighted by atomic mass is 32.2. The van der Waals surface area contributed by atoms with Crippen LogP contribution in [0.5, 0.6) is 0 Å². The van der Waals surface area contributed by atoms with Crippen LogP contribution < -0.4 is 5.32 Å². The summed E-state index contributed by atoms with van der Waals surface area (Å²) in [6, 6.07) is 7.82. The second kappa shape index (κ2) is 5.91. The number of carbonyl (C=O) groups is 2. The zero-order valence-corrected chi connectivity index (χ0v) is 10.7. The average Bonchev–Trinajstić information content (AvgIpc) is 2.90. The first-order chi connectivity index (χ1) is 8.68. The summed E-state index contributed by atoms with van der Waals surface area (Å²) in [5.74, 6) is 0.519. The molecule has 0 aliphatic carbocycles. The van der Waals surface area contributed by atoms with Crippen LogP contribution >= 0.6 is 11.8 Å². The summed E-state index contributed by atoms with van der Waals surface area (Å²) >= 11 is 1.73. The molecule has 4 nitrogen and oxygen atoms in total. The third-order valence-corrected chi connectivity index (χ3v) is 4.13. The summed E-state index contributed by atoms with van der Waals surface area (Å²) in [5.41, 5.74) is 0.601. The maximum Gasteiger partial charge on any atom is 0.330 e. The lowest BCUT2D eigenvalue weighted by Crippen LogP contribution is -2.37. The normalized spacial score (nSPS) is 20.3. The van der Waals surface area contributed by atoms with E-state index in [4.69, 9.17) is 0 Å². The van der Waals surface area contributed by atoms with E-state index in [1.807, 2.05) is 6.07 Å². The molecule has 1 fully saturated rings. The van der Waals surface area contributed by atoms with E-state index in [1.54, 1.807) is 36.0 Å². The minimum absolute atomic E-state index is 0.0550. The highest BCUT2D eigenvalue weighted by Gasteiger charge is 2.28. The first-order valence-electron chi connectivity index (χ1n) is 5.84. The summed E-state index contributed by atoms with van der Waals surface area (Å²) in [6.45, 7) is 0. The smallest absolute Gasteiger partial charge is 0.330 e. The summed E-state index contributed by atoms with van der Waals surface area (Å²) in [6.07, 6.45) is 0.831. The molecule has 0 saturated carbocycles. The number of hydrogen-bond donors (Lipinski definition) is 2. The van der Waals surface area contributed by atoms with E-state index in [-0.39, 0.29) is 11.8 Å². The average molecular weight is 265 g/mol. The molecule has 0 aromatic heterocycles. The third-order valence-electron chi connectivity index (χ3n) is 2.97. The van der Waals surface area contributed by atoms with Crippen LogP contribution in [0.4, 0.5) is 0 Å². The quantitative estimate of drug-likeness (QED) is 0.869. The van der Waals surface area contributed by atoms with Gasteiger partial charge < -0.3 is 10.4 Å². The third kappa shape index (κ3) is 3.04. The first kappa shape index (κ1) is 13.0. The second-order valence-corrected chi connectivity index (χ2v) is 5.40. The molecule has 1 aromatic rings. The fourth-order valence-corrected chi connectivity index (χ4v) is 3.15. The van der Waals surface area contributed by atoms with Crippen molar-refractivity contribution in [3.63, 3.8) is 0 Å². The molecular weight excluding hydrogens is 250 g/mol. The summed E-state index contributed by atoms with van der Waals surface area (Å²) in [5, 5.41) is 11.8. The Hall–Kier alpha value is -1.49. The number of rotatable bonds is 4. The summed E-state index contributed by atoms with van der Waals surface area (Å²) < 4.78 is 0. The number of aliphatic carboxylic acids is 1. The van der Waals surface area contributed by atoms with Crippen LogP contribution in [0, 0.1) is 5.92 Å². The highest BCUT2D eigenvalue weighted by molar-refractivity contribution is 7.99. The van der Waals surface area contributed by atoms with E-state index in [1.165, 1.54) is 0 Å². The van der Waals surface area contributed by atoms with Gasteiger partial charge in [-0.25, -0.2) is 4.79 Å². The molecule has 2 rings (SSSR count). The summed E-state index contributed by atoms with van der Waals surface area (Å²) in [4.78, 5) is 23.2. The molecule has 1 aliphatic rings. The molecule has 1 aliphatic heterocycles. The number of carboxylic acids is 1. The standard InChI is InChI=1S/C13H15NO3S/c15-12(10-6-7-18-8-10)14-11(13(16)17)9-4-2-1-3-5-9/h1-5,10-11H,6-8H2,(H,14,15)(H,16,17)/t10?,11-/m0/s1. The Morgan fingerprint density at radius 3 is 2.61 bits per heavy atom. The van der Waals surface area contributed by atoms with Crippen LogP contribution in [-0.4, -0.2) is 28.5 Å². The van der Waals surface area contributed by atoms with Crippen molar-refractivity contribution in [3.8, 4) is 0 Å². The number of carboxylic acid groups (broad SMARTS) is 1. The minimum Gasteiger partial charge on any atom is -0.479 e. The van der Waals surface area contributed by atoms with Crippen LogP contribution in [-0.2, 0) is 9.59 Å². The van der Waals surface area contributed by atoms with Gasteiger partial charge in [0.1, 0.15) is 0 Å². The molecule has 1 unspecified atom stereocenters. The molecule has 96 valence electrons. The Labute approximate surface area is 110 Å². The van der Waals surface area contributed by atoms with Gasteiger partial charge in [0.15, 0.2) is 6.04 Å². The number of carbonyl (C=O) groups excluding carboxylic acids is 1. The van der Waals surface area contributed by atoms with E-state index in [0.717, 1.165) is 17.9 Å². The van der Waals surface area contributed by atoms with Gasteiger partial charge in [0, 0.05) is 11.7 Å². The largest absolute Gasteiger partial charge is 0.479 e. The highest BCUT2D eigenvalue weighted by Crippen LogP contribution is 2.24. The molecule has 5 heteroatoms. The van der Waals surface area contributed by atoms with Crippen molar-refractivity contribution < 1.29 is 14.7 Å². The predicted molar refractivity (Wildman–Crippen MR) is 70.4 cm³/mol. The molecule has 0 radical (unpaired) electrons. The van der Waals surface area contributed by atoms with Gasteiger partial charge in [-0.1, -0.05) is 30.3 Å².